The third kappa shape index (κ3) is 1.97. The van der Waals surface area contributed by atoms with E-state index < -0.39 is 30.6 Å². The Hall–Kier alpha value is -1.81. The molecule has 0 saturated carbocycles. The van der Waals surface area contributed by atoms with Crippen molar-refractivity contribution in [3.05, 3.63) is 12.7 Å². The number of nitrogens with zero attached hydrogens (tertiary/aromatic N) is 4. The first kappa shape index (κ1) is 15.1. The Labute approximate surface area is 125 Å². The van der Waals surface area contributed by atoms with Crippen molar-refractivity contribution in [2.45, 2.75) is 43.8 Å². The van der Waals surface area contributed by atoms with Gasteiger partial charge in [0.05, 0.1) is 12.9 Å². The monoisotopic (exact) mass is 310 g/mol. The second kappa shape index (κ2) is 5.43. The minimum Gasteiger partial charge on any atom is -0.492 e. The summed E-state index contributed by atoms with van der Waals surface area (Å²) in [5.41, 5.74) is -0.849. The standard InChI is InChI=1S/C13H18N4O5/c1-2-3-13(10(20)9(19)7(4-18)22-13)17-6-16-8-11(17)14-5-15-12(8)21/h5-7,9-10,18-20H,2-4H2,1H3,(H,14,15,21)/t7-,9-,10-,13-/m1/s1. The van der Waals surface area contributed by atoms with Crippen LogP contribution in [0.5, 0.6) is 5.88 Å². The van der Waals surface area contributed by atoms with Gasteiger partial charge in [-0.25, -0.2) is 9.97 Å². The minimum atomic E-state index is -1.31. The van der Waals surface area contributed by atoms with Crippen LogP contribution in [0, 0.1) is 0 Å². The van der Waals surface area contributed by atoms with E-state index in [0.717, 1.165) is 0 Å². The van der Waals surface area contributed by atoms with Crippen molar-refractivity contribution in [2.75, 3.05) is 6.61 Å². The Morgan fingerprint density at radius 1 is 1.32 bits per heavy atom. The van der Waals surface area contributed by atoms with Crippen molar-refractivity contribution >= 4 is 11.2 Å². The zero-order valence-electron chi connectivity index (χ0n) is 12.0. The fourth-order valence-electron chi connectivity index (χ4n) is 3.00. The van der Waals surface area contributed by atoms with E-state index in [1.807, 2.05) is 6.92 Å². The van der Waals surface area contributed by atoms with Crippen LogP contribution < -0.4 is 0 Å². The molecule has 3 rings (SSSR count). The molecule has 3 heterocycles. The second-order valence-electron chi connectivity index (χ2n) is 5.35. The summed E-state index contributed by atoms with van der Waals surface area (Å²) in [5.74, 6) is -0.276. The number of rotatable bonds is 4. The molecule has 9 nitrogen and oxygen atoms in total. The molecule has 2 aromatic rings. The molecule has 2 aromatic heterocycles. The molecule has 0 spiro atoms. The van der Waals surface area contributed by atoms with Crippen molar-refractivity contribution in [3.63, 3.8) is 0 Å². The van der Waals surface area contributed by atoms with Gasteiger partial charge in [0.1, 0.15) is 24.6 Å². The molecule has 0 amide bonds. The SMILES string of the molecule is CCC[C@@]1(n2cnc3c(O)ncnc32)O[C@H](CO)[C@@H](O)[C@H]1O. The van der Waals surface area contributed by atoms with Crippen molar-refractivity contribution in [1.29, 1.82) is 0 Å². The van der Waals surface area contributed by atoms with Crippen LogP contribution in [0.2, 0.25) is 0 Å². The Morgan fingerprint density at radius 3 is 2.73 bits per heavy atom. The molecule has 0 aliphatic carbocycles. The van der Waals surface area contributed by atoms with Gasteiger partial charge in [-0.1, -0.05) is 13.3 Å². The highest BCUT2D eigenvalue weighted by molar-refractivity contribution is 5.75. The molecule has 22 heavy (non-hydrogen) atoms. The van der Waals surface area contributed by atoms with Gasteiger partial charge < -0.3 is 25.2 Å². The van der Waals surface area contributed by atoms with Crippen LogP contribution in [0.1, 0.15) is 19.8 Å². The molecule has 1 fully saturated rings. The molecular formula is C13H18N4O5. The van der Waals surface area contributed by atoms with Gasteiger partial charge in [-0.2, -0.15) is 4.98 Å². The molecule has 120 valence electrons. The number of ether oxygens (including phenoxy) is 1. The summed E-state index contributed by atoms with van der Waals surface area (Å²) in [6, 6.07) is 0. The summed E-state index contributed by atoms with van der Waals surface area (Å²) >= 11 is 0. The van der Waals surface area contributed by atoms with Gasteiger partial charge in [0.2, 0.25) is 5.88 Å². The second-order valence-corrected chi connectivity index (χ2v) is 5.35. The van der Waals surface area contributed by atoms with Gasteiger partial charge in [-0.3, -0.25) is 4.57 Å². The lowest BCUT2D eigenvalue weighted by atomic mass is 9.98. The lowest BCUT2D eigenvalue weighted by Gasteiger charge is -2.33. The maximum Gasteiger partial charge on any atom is 0.242 e. The summed E-state index contributed by atoms with van der Waals surface area (Å²) < 4.78 is 7.27. The fourth-order valence-corrected chi connectivity index (χ4v) is 3.00. The molecule has 9 heteroatoms. The zero-order valence-corrected chi connectivity index (χ0v) is 12.0. The predicted molar refractivity (Wildman–Crippen MR) is 73.8 cm³/mol. The van der Waals surface area contributed by atoms with Crippen LogP contribution in [0.15, 0.2) is 12.7 Å². The predicted octanol–water partition coefficient (Wildman–Crippen LogP) is -0.902. The number of imidazole rings is 1. The van der Waals surface area contributed by atoms with Gasteiger partial charge >= 0.3 is 0 Å². The third-order valence-corrected chi connectivity index (χ3v) is 4.03. The number of aromatic hydroxyl groups is 1. The number of aliphatic hydroxyl groups excluding tert-OH is 3. The van der Waals surface area contributed by atoms with Crippen molar-refractivity contribution in [1.82, 2.24) is 19.5 Å². The summed E-state index contributed by atoms with van der Waals surface area (Å²) in [6.45, 7) is 1.48. The molecule has 4 atom stereocenters. The first-order valence-corrected chi connectivity index (χ1v) is 7.07. The van der Waals surface area contributed by atoms with Gasteiger partial charge in [0.15, 0.2) is 16.9 Å². The van der Waals surface area contributed by atoms with E-state index >= 15 is 0 Å². The maximum atomic E-state index is 10.5. The van der Waals surface area contributed by atoms with Crippen molar-refractivity contribution < 1.29 is 25.2 Å². The summed E-state index contributed by atoms with van der Waals surface area (Å²) in [4.78, 5) is 11.8. The lowest BCUT2D eigenvalue weighted by molar-refractivity contribution is -0.150. The molecule has 1 saturated heterocycles. The molecule has 0 unspecified atom stereocenters. The maximum absolute atomic E-state index is 10.5. The van der Waals surface area contributed by atoms with E-state index in [-0.39, 0.29) is 17.0 Å². The average Bonchev–Trinajstić information content (AvgIpc) is 3.04. The topological polar surface area (TPSA) is 134 Å². The van der Waals surface area contributed by atoms with Crippen LogP contribution in [0.3, 0.4) is 0 Å². The molecule has 0 radical (unpaired) electrons. The highest BCUT2D eigenvalue weighted by Crippen LogP contribution is 2.41. The highest BCUT2D eigenvalue weighted by atomic mass is 16.6. The van der Waals surface area contributed by atoms with E-state index in [4.69, 9.17) is 4.74 Å². The molecule has 4 N–H and O–H groups in total. The van der Waals surface area contributed by atoms with E-state index in [2.05, 4.69) is 15.0 Å². The Balaban J connectivity index is 2.17. The molecule has 0 bridgehead atoms. The molecule has 1 aliphatic heterocycles. The first-order valence-electron chi connectivity index (χ1n) is 7.07. The number of fused-ring (bicyclic) bond motifs is 1. The van der Waals surface area contributed by atoms with E-state index in [9.17, 15) is 20.4 Å². The van der Waals surface area contributed by atoms with Crippen LogP contribution in [-0.4, -0.2) is 64.9 Å². The van der Waals surface area contributed by atoms with Crippen molar-refractivity contribution in [3.8, 4) is 5.88 Å². The van der Waals surface area contributed by atoms with E-state index in [1.165, 1.54) is 17.2 Å². The number of hydrogen-bond acceptors (Lipinski definition) is 8. The number of hydrogen-bond donors (Lipinski definition) is 4. The van der Waals surface area contributed by atoms with Crippen LogP contribution in [0.25, 0.3) is 11.2 Å². The lowest BCUT2D eigenvalue weighted by Crippen LogP contribution is -2.45. The highest BCUT2D eigenvalue weighted by Gasteiger charge is 2.55. The normalized spacial score (nSPS) is 31.9. The smallest absolute Gasteiger partial charge is 0.242 e. The number of aliphatic hydroxyl groups is 3. The summed E-state index contributed by atoms with van der Waals surface area (Å²) in [7, 11) is 0. The van der Waals surface area contributed by atoms with Gasteiger partial charge in [-0.15, -0.1) is 0 Å². The quantitative estimate of drug-likeness (QED) is 0.571. The minimum absolute atomic E-state index is 0.177. The van der Waals surface area contributed by atoms with E-state index in [1.54, 1.807) is 0 Å². The molecule has 1 aliphatic rings. The number of aromatic nitrogens is 4. The van der Waals surface area contributed by atoms with Gasteiger partial charge in [0.25, 0.3) is 0 Å². The van der Waals surface area contributed by atoms with Crippen LogP contribution >= 0.6 is 0 Å². The average molecular weight is 310 g/mol. The Bertz CT molecular complexity index is 677. The molecule has 0 aromatic carbocycles. The summed E-state index contributed by atoms with van der Waals surface area (Å²) in [5, 5.41) is 39.7. The Morgan fingerprint density at radius 2 is 2.09 bits per heavy atom. The van der Waals surface area contributed by atoms with E-state index in [0.29, 0.717) is 12.8 Å². The summed E-state index contributed by atoms with van der Waals surface area (Å²) in [6.07, 6.45) is 0.177. The van der Waals surface area contributed by atoms with Crippen molar-refractivity contribution in [2.24, 2.45) is 0 Å². The Kier molecular flexibility index (Phi) is 3.73. The largest absolute Gasteiger partial charge is 0.492 e. The zero-order chi connectivity index (χ0) is 15.9. The molecular weight excluding hydrogens is 292 g/mol. The first-order chi connectivity index (χ1) is 10.5. The third-order valence-electron chi connectivity index (χ3n) is 4.03. The fraction of sp³-hybridized carbons (Fsp3) is 0.615. The van der Waals surface area contributed by atoms with Crippen LogP contribution in [-0.2, 0) is 10.5 Å². The van der Waals surface area contributed by atoms with Gasteiger partial charge in [-0.05, 0) is 6.42 Å². The van der Waals surface area contributed by atoms with Gasteiger partial charge in [0, 0.05) is 0 Å². The van der Waals surface area contributed by atoms with Crippen LogP contribution in [0.4, 0.5) is 0 Å².